The minimum absolute atomic E-state index is 0.145. The van der Waals surface area contributed by atoms with Gasteiger partial charge in [-0.3, -0.25) is 14.4 Å². The van der Waals surface area contributed by atoms with E-state index < -0.39 is 27.1 Å². The van der Waals surface area contributed by atoms with Crippen LogP contribution in [-0.2, 0) is 10.8 Å². The number of fused-ring (bicyclic) bond motifs is 1. The summed E-state index contributed by atoms with van der Waals surface area (Å²) in [4.78, 5) is 28.5. The second-order valence-corrected chi connectivity index (χ2v) is 20.4. The summed E-state index contributed by atoms with van der Waals surface area (Å²) in [5.41, 5.74) is 1.39. The Morgan fingerprint density at radius 2 is 1.78 bits per heavy atom. The zero-order valence-electron chi connectivity index (χ0n) is 36.7. The van der Waals surface area contributed by atoms with E-state index in [1.165, 1.54) is 28.8 Å². The van der Waals surface area contributed by atoms with Crippen LogP contribution in [0.3, 0.4) is 0 Å². The number of piperazine rings is 1. The van der Waals surface area contributed by atoms with Gasteiger partial charge < -0.3 is 30.2 Å². The van der Waals surface area contributed by atoms with Crippen molar-refractivity contribution in [3.05, 3.63) is 107 Å². The second kappa shape index (κ2) is 20.9. The van der Waals surface area contributed by atoms with Gasteiger partial charge in [0.2, 0.25) is 0 Å². The van der Waals surface area contributed by atoms with Crippen LogP contribution in [0.2, 0.25) is 5.02 Å². The van der Waals surface area contributed by atoms with Gasteiger partial charge in [0.15, 0.2) is 10.8 Å². The molecule has 4 heterocycles. The van der Waals surface area contributed by atoms with Gasteiger partial charge in [-0.2, -0.15) is 13.2 Å². The first-order chi connectivity index (χ1) is 31.3. The van der Waals surface area contributed by atoms with Gasteiger partial charge in [0.25, 0.3) is 5.91 Å². The Hall–Kier alpha value is -4.58. The molecule has 2 aliphatic heterocycles. The van der Waals surface area contributed by atoms with Crippen molar-refractivity contribution < 1.29 is 26.9 Å². The first-order valence-corrected chi connectivity index (χ1v) is 24.6. The smallest absolute Gasteiger partial charge is 0.455 e. The minimum atomic E-state index is -4.97. The molecule has 5 aromatic rings. The van der Waals surface area contributed by atoms with Crippen LogP contribution in [0, 0.1) is 5.41 Å². The maximum Gasteiger partial charge on any atom is 0.475 e. The number of carbonyl (C=O) groups excluding carboxylic acids is 1. The zero-order chi connectivity index (χ0) is 45.6. The number of hydrogen-bond donors (Lipinski definition) is 4. The highest BCUT2D eigenvalue weighted by atomic mass is 35.5. The van der Waals surface area contributed by atoms with E-state index in [1.54, 1.807) is 24.5 Å². The molecule has 17 heteroatoms. The van der Waals surface area contributed by atoms with Crippen LogP contribution in [0.25, 0.3) is 16.6 Å². The molecule has 1 unspecified atom stereocenters. The number of nitrogens with one attached hydrogen (secondary N) is 4. The third-order valence-electron chi connectivity index (χ3n) is 12.4. The van der Waals surface area contributed by atoms with Gasteiger partial charge in [0.1, 0.15) is 17.1 Å². The van der Waals surface area contributed by atoms with Crippen LogP contribution in [0.5, 0.6) is 11.5 Å². The molecule has 0 spiro atoms. The van der Waals surface area contributed by atoms with Crippen LogP contribution in [0.15, 0.2) is 101 Å². The maximum absolute atomic E-state index is 14.0. The molecule has 0 saturated carbocycles. The number of amides is 1. The topological polar surface area (TPSA) is 118 Å². The number of alkyl halides is 3. The number of aromatic amines is 1. The fourth-order valence-electron chi connectivity index (χ4n) is 8.78. The number of anilines is 2. The highest BCUT2D eigenvalue weighted by Crippen LogP contribution is 2.44. The Balaban J connectivity index is 0.961. The number of benzene rings is 3. The van der Waals surface area contributed by atoms with Crippen molar-refractivity contribution in [2.45, 2.75) is 61.3 Å². The van der Waals surface area contributed by atoms with Crippen LogP contribution in [0.4, 0.5) is 24.5 Å². The molecular formula is C48H56ClF3N8O3S2. The van der Waals surface area contributed by atoms with Crippen LogP contribution in [-0.4, -0.2) is 107 Å². The Labute approximate surface area is 390 Å². The van der Waals surface area contributed by atoms with Crippen LogP contribution < -0.4 is 25.0 Å². The molecule has 3 aliphatic rings. The highest BCUT2D eigenvalue weighted by Gasteiger charge is 2.39. The highest BCUT2D eigenvalue weighted by molar-refractivity contribution is 7.98. The fraction of sp³-hybridized carbons (Fsp3) is 0.417. The number of allylic oxidation sites excluding steroid dienone is 1. The van der Waals surface area contributed by atoms with E-state index in [1.807, 2.05) is 36.4 Å². The summed E-state index contributed by atoms with van der Waals surface area (Å²) in [5.74, 6) is 0.228. The summed E-state index contributed by atoms with van der Waals surface area (Å²) in [6.07, 6.45) is 8.37. The number of halogens is 4. The average Bonchev–Trinajstić information content (AvgIpc) is 3.61. The molecule has 1 aliphatic carbocycles. The Bertz CT molecular complexity index is 2500. The Kier molecular flexibility index (Phi) is 15.1. The maximum atomic E-state index is 14.0. The standard InChI is InChI=1S/C48H56ClF3N8O3S2/c1-47(2)15-13-35(41(30-47)33-5-7-36(49)8-6-33)32-59-23-25-60(26-24-59)37-9-11-40(43(28-37)63-38-27-34-14-18-55-45(34)56-31-38)46(61)57-64-39-10-12-42(44(29-39)65(62)48(50,51)52)54-17-4-21-58-20-3-16-53-19-22-58/h5-12,14,18,27-29,31,53-54H,3-4,13,15-17,19-26,30,32H2,1-2H3,(H,55,56)(H,57,61). The molecule has 1 amide bonds. The molecule has 0 radical (unpaired) electrons. The van der Waals surface area contributed by atoms with Crippen molar-refractivity contribution in [3.8, 4) is 11.5 Å². The second-order valence-electron chi connectivity index (χ2n) is 17.7. The number of nitrogens with zero attached hydrogens (tertiary/aromatic N) is 4. The Morgan fingerprint density at radius 1 is 0.969 bits per heavy atom. The first-order valence-electron chi connectivity index (χ1n) is 22.2. The van der Waals surface area contributed by atoms with E-state index in [4.69, 9.17) is 16.3 Å². The minimum Gasteiger partial charge on any atom is -0.455 e. The largest absolute Gasteiger partial charge is 0.475 e. The lowest BCUT2D eigenvalue weighted by Gasteiger charge is -2.39. The lowest BCUT2D eigenvalue weighted by molar-refractivity contribution is -0.0384. The van der Waals surface area contributed by atoms with Crippen molar-refractivity contribution in [2.24, 2.45) is 5.41 Å². The molecule has 2 aromatic heterocycles. The molecule has 2 fully saturated rings. The van der Waals surface area contributed by atoms with Gasteiger partial charge in [-0.25, -0.2) is 9.19 Å². The number of hydrogen-bond acceptors (Lipinski definition) is 10. The van der Waals surface area contributed by atoms with Crippen molar-refractivity contribution in [2.75, 3.05) is 82.2 Å². The molecule has 346 valence electrons. The molecular weight excluding hydrogens is 893 g/mol. The molecule has 0 bridgehead atoms. The van der Waals surface area contributed by atoms with Gasteiger partial charge in [0.05, 0.1) is 22.3 Å². The van der Waals surface area contributed by atoms with E-state index in [2.05, 4.69) is 66.0 Å². The SMILES string of the molecule is CC1(C)CCC(CN2CCN(c3ccc(C(=O)NSc4ccc(NCCCN5CCCNCC5)c(S(=O)C(F)(F)F)c4)c(Oc4cnc5[nH]ccc5c4)c3)CC2)=C(c2ccc(Cl)cc2)C1. The summed E-state index contributed by atoms with van der Waals surface area (Å²) in [7, 11) is -3.29. The summed E-state index contributed by atoms with van der Waals surface area (Å²) >= 11 is 7.10. The van der Waals surface area contributed by atoms with Crippen molar-refractivity contribution in [1.29, 1.82) is 0 Å². The van der Waals surface area contributed by atoms with E-state index in [0.717, 1.165) is 119 Å². The quantitative estimate of drug-likeness (QED) is 0.0597. The van der Waals surface area contributed by atoms with Gasteiger partial charge >= 0.3 is 5.51 Å². The van der Waals surface area contributed by atoms with Crippen molar-refractivity contribution >= 4 is 68.2 Å². The zero-order valence-corrected chi connectivity index (χ0v) is 39.1. The number of aromatic nitrogens is 2. The van der Waals surface area contributed by atoms with Gasteiger partial charge in [0, 0.05) is 85.6 Å². The van der Waals surface area contributed by atoms with E-state index in [0.29, 0.717) is 35.0 Å². The molecule has 3 aromatic carbocycles. The van der Waals surface area contributed by atoms with Crippen LogP contribution in [0.1, 0.15) is 61.9 Å². The van der Waals surface area contributed by atoms with E-state index >= 15 is 0 Å². The molecule has 65 heavy (non-hydrogen) atoms. The third-order valence-corrected chi connectivity index (χ3v) is 14.6. The van der Waals surface area contributed by atoms with E-state index in [9.17, 15) is 22.2 Å². The summed E-state index contributed by atoms with van der Waals surface area (Å²) in [5, 5.41) is 8.02. The average molecular weight is 950 g/mol. The van der Waals surface area contributed by atoms with Gasteiger partial charge in [-0.1, -0.05) is 43.2 Å². The number of pyridine rings is 1. The van der Waals surface area contributed by atoms with Crippen molar-refractivity contribution in [1.82, 2.24) is 29.8 Å². The molecule has 2 saturated heterocycles. The normalized spacial score (nSPS) is 18.1. The predicted octanol–water partition coefficient (Wildman–Crippen LogP) is 9.96. The van der Waals surface area contributed by atoms with E-state index in [-0.39, 0.29) is 16.7 Å². The molecule has 8 rings (SSSR count). The third kappa shape index (κ3) is 12.3. The number of H-pyrrole nitrogens is 1. The number of rotatable bonds is 15. The number of ether oxygens (including phenoxy) is 1. The summed E-state index contributed by atoms with van der Waals surface area (Å²) < 4.78 is 63.6. The fourth-order valence-corrected chi connectivity index (χ4v) is 10.4. The lowest BCUT2D eigenvalue weighted by Crippen LogP contribution is -2.47. The Morgan fingerprint density at radius 3 is 2.58 bits per heavy atom. The molecule has 1 atom stereocenters. The van der Waals surface area contributed by atoms with Gasteiger partial charge in [-0.05, 0) is 135 Å². The summed E-state index contributed by atoms with van der Waals surface area (Å²) in [6.45, 7) is 13.8. The predicted molar refractivity (Wildman–Crippen MR) is 257 cm³/mol. The molecule has 4 N–H and O–H groups in total. The first kappa shape index (κ1) is 46.9. The number of carbonyl (C=O) groups is 1. The summed E-state index contributed by atoms with van der Waals surface area (Å²) in [6, 6.07) is 21.7. The lowest BCUT2D eigenvalue weighted by atomic mass is 9.72. The monoisotopic (exact) mass is 948 g/mol. The van der Waals surface area contributed by atoms with Crippen LogP contribution >= 0.6 is 23.5 Å². The van der Waals surface area contributed by atoms with Gasteiger partial charge in [-0.15, -0.1) is 0 Å². The molecule has 11 nitrogen and oxygen atoms in total. The van der Waals surface area contributed by atoms with Crippen molar-refractivity contribution in [3.63, 3.8) is 0 Å².